The second-order valence-electron chi connectivity index (χ2n) is 5.27. The summed E-state index contributed by atoms with van der Waals surface area (Å²) in [7, 11) is -3.26. The Balaban J connectivity index is 2.27. The maximum atomic E-state index is 12.3. The lowest BCUT2D eigenvalue weighted by atomic mass is 10.1. The summed E-state index contributed by atoms with van der Waals surface area (Å²) in [5.41, 5.74) is 0.995. The molecule has 0 bridgehead atoms. The van der Waals surface area contributed by atoms with Gasteiger partial charge >= 0.3 is 0 Å². The van der Waals surface area contributed by atoms with E-state index in [1.54, 1.807) is 24.3 Å². The van der Waals surface area contributed by atoms with E-state index < -0.39 is 15.7 Å². The number of carbonyl (C=O) groups excluding carboxylic acids is 1. The summed E-state index contributed by atoms with van der Waals surface area (Å²) in [6.07, 6.45) is 2.36. The number of carbonyl (C=O) groups is 1. The number of sulfone groups is 1. The number of aromatic nitrogens is 2. The molecule has 136 valence electrons. The van der Waals surface area contributed by atoms with Gasteiger partial charge in [-0.15, -0.1) is 0 Å². The van der Waals surface area contributed by atoms with Crippen LogP contribution in [0.1, 0.15) is 23.0 Å². The van der Waals surface area contributed by atoms with E-state index in [-0.39, 0.29) is 17.8 Å². The predicted octanol–water partition coefficient (Wildman–Crippen LogP) is 1.64. The van der Waals surface area contributed by atoms with Crippen LogP contribution in [-0.4, -0.2) is 43.9 Å². The lowest BCUT2D eigenvalue weighted by Crippen LogP contribution is -2.24. The Labute approximate surface area is 151 Å². The molecule has 2 rings (SSSR count). The van der Waals surface area contributed by atoms with Crippen molar-refractivity contribution >= 4 is 15.7 Å². The lowest BCUT2D eigenvalue weighted by molar-refractivity contribution is 0.0952. The molecule has 1 heterocycles. The zero-order chi connectivity index (χ0) is 19.2. The molecule has 1 aromatic carbocycles. The molecule has 9 heteroatoms. The number of rotatable bonds is 7. The topological polar surface area (TPSA) is 125 Å². The van der Waals surface area contributed by atoms with E-state index >= 15 is 0 Å². The third kappa shape index (κ3) is 4.70. The lowest BCUT2D eigenvalue weighted by Gasteiger charge is -2.08. The quantitative estimate of drug-likeness (QED) is 0.759. The number of H-pyrrole nitrogens is 1. The Hall–Kier alpha value is -3.12. The molecular formula is C17H18N4O4S. The van der Waals surface area contributed by atoms with Crippen LogP contribution in [-0.2, 0) is 9.84 Å². The highest BCUT2D eigenvalue weighted by Crippen LogP contribution is 2.31. The van der Waals surface area contributed by atoms with Crippen LogP contribution in [0, 0.1) is 11.3 Å². The predicted molar refractivity (Wildman–Crippen MR) is 96.2 cm³/mol. The fraction of sp³-hybridized carbons (Fsp3) is 0.235. The molecule has 8 nitrogen and oxygen atoms in total. The Bertz CT molecular complexity index is 971. The number of amides is 1. The fourth-order valence-corrected chi connectivity index (χ4v) is 2.66. The third-order valence-corrected chi connectivity index (χ3v) is 3.96. The number of nitrogens with one attached hydrogen (secondary N) is 2. The zero-order valence-electron chi connectivity index (χ0n) is 14.3. The Morgan fingerprint density at radius 3 is 2.81 bits per heavy atom. The summed E-state index contributed by atoms with van der Waals surface area (Å²) in [4.78, 5) is 12.3. The molecule has 0 fully saturated rings. The van der Waals surface area contributed by atoms with Crippen molar-refractivity contribution in [3.8, 4) is 23.1 Å². The summed E-state index contributed by atoms with van der Waals surface area (Å²) in [5, 5.41) is 19.6. The largest absolute Gasteiger partial charge is 0.493 e. The molecule has 0 unspecified atom stereocenters. The molecule has 0 spiro atoms. The van der Waals surface area contributed by atoms with Crippen LogP contribution in [0.2, 0.25) is 0 Å². The average Bonchev–Trinajstić information content (AvgIpc) is 3.02. The number of hydrogen-bond acceptors (Lipinski definition) is 6. The monoisotopic (exact) mass is 374 g/mol. The number of para-hydroxylation sites is 1. The summed E-state index contributed by atoms with van der Waals surface area (Å²) in [5.74, 6) is -0.00612. The minimum atomic E-state index is -3.26. The number of benzene rings is 1. The van der Waals surface area contributed by atoms with Crippen molar-refractivity contribution in [1.82, 2.24) is 15.5 Å². The van der Waals surface area contributed by atoms with Gasteiger partial charge in [-0.05, 0) is 19.1 Å². The first-order chi connectivity index (χ1) is 12.4. The normalized spacial score (nSPS) is 11.3. The van der Waals surface area contributed by atoms with Crippen LogP contribution >= 0.6 is 0 Å². The van der Waals surface area contributed by atoms with Gasteiger partial charge in [0.15, 0.2) is 9.84 Å². The van der Waals surface area contributed by atoms with Gasteiger partial charge in [0, 0.05) is 23.8 Å². The van der Waals surface area contributed by atoms with Crippen LogP contribution < -0.4 is 10.1 Å². The molecule has 1 aromatic heterocycles. The Morgan fingerprint density at radius 2 is 2.15 bits per heavy atom. The number of ether oxygens (including phenoxy) is 1. The van der Waals surface area contributed by atoms with Crippen LogP contribution in [0.4, 0.5) is 0 Å². The number of nitrogens with zero attached hydrogens (tertiary/aromatic N) is 2. The van der Waals surface area contributed by atoms with Gasteiger partial charge < -0.3 is 10.1 Å². The van der Waals surface area contributed by atoms with Crippen molar-refractivity contribution < 1.29 is 17.9 Å². The van der Waals surface area contributed by atoms with Crippen LogP contribution in [0.5, 0.6) is 5.75 Å². The summed E-state index contributed by atoms with van der Waals surface area (Å²) in [6.45, 7) is 2.29. The molecule has 0 radical (unpaired) electrons. The second kappa shape index (κ2) is 8.31. The smallest absolute Gasteiger partial charge is 0.270 e. The van der Waals surface area contributed by atoms with Gasteiger partial charge in [-0.1, -0.05) is 18.2 Å². The van der Waals surface area contributed by atoms with E-state index in [0.717, 1.165) is 11.7 Å². The fourth-order valence-electron chi connectivity index (χ4n) is 2.22. The Kier molecular flexibility index (Phi) is 6.14. The van der Waals surface area contributed by atoms with Crippen molar-refractivity contribution in [2.75, 3.05) is 19.4 Å². The van der Waals surface area contributed by atoms with E-state index in [2.05, 4.69) is 15.5 Å². The molecule has 0 aliphatic heterocycles. The van der Waals surface area contributed by atoms with Gasteiger partial charge in [-0.2, -0.15) is 10.4 Å². The molecule has 2 N–H and O–H groups in total. The molecule has 1 amide bonds. The third-order valence-electron chi connectivity index (χ3n) is 3.27. The number of hydrogen-bond donors (Lipinski definition) is 2. The van der Waals surface area contributed by atoms with E-state index in [1.165, 1.54) is 6.08 Å². The van der Waals surface area contributed by atoms with Gasteiger partial charge in [0.05, 0.1) is 6.61 Å². The standard InChI is InChI=1S/C17H18N4O4S/c1-3-25-14-8-5-4-7-12(14)15-13(11-18)16(21-20-15)17(22)19-9-6-10-26(2,23)24/h4-8,10H,3,9H2,1-2H3,(H,19,22)(H,20,21)/b10-6+. The van der Waals surface area contributed by atoms with Gasteiger partial charge in [0.2, 0.25) is 0 Å². The number of nitriles is 1. The van der Waals surface area contributed by atoms with E-state index in [4.69, 9.17) is 4.74 Å². The van der Waals surface area contributed by atoms with Crippen molar-refractivity contribution in [3.05, 3.63) is 47.0 Å². The summed E-state index contributed by atoms with van der Waals surface area (Å²) >= 11 is 0. The molecule has 0 saturated heterocycles. The van der Waals surface area contributed by atoms with Gasteiger partial charge in [-0.3, -0.25) is 9.89 Å². The SMILES string of the molecule is CCOc1ccccc1-c1n[nH]c(C(=O)NC/C=C/S(C)(=O)=O)c1C#N. The molecule has 0 aliphatic rings. The minimum absolute atomic E-state index is 0.000653. The number of aromatic amines is 1. The van der Waals surface area contributed by atoms with Gasteiger partial charge in [-0.25, -0.2) is 8.42 Å². The first-order valence-corrected chi connectivity index (χ1v) is 9.68. The molecule has 0 aliphatic carbocycles. The van der Waals surface area contributed by atoms with Crippen molar-refractivity contribution in [2.24, 2.45) is 0 Å². The summed E-state index contributed by atoms with van der Waals surface area (Å²) in [6, 6.07) is 9.07. The maximum absolute atomic E-state index is 12.3. The highest BCUT2D eigenvalue weighted by molar-refractivity contribution is 7.93. The summed E-state index contributed by atoms with van der Waals surface area (Å²) < 4.78 is 27.6. The minimum Gasteiger partial charge on any atom is -0.493 e. The van der Waals surface area contributed by atoms with E-state index in [9.17, 15) is 18.5 Å². The zero-order valence-corrected chi connectivity index (χ0v) is 15.1. The van der Waals surface area contributed by atoms with Gasteiger partial charge in [0.1, 0.15) is 28.8 Å². The molecular weight excluding hydrogens is 356 g/mol. The van der Waals surface area contributed by atoms with Crippen molar-refractivity contribution in [3.63, 3.8) is 0 Å². The van der Waals surface area contributed by atoms with Crippen LogP contribution in [0.15, 0.2) is 35.7 Å². The molecule has 0 atom stereocenters. The first kappa shape index (κ1) is 19.2. The van der Waals surface area contributed by atoms with Crippen LogP contribution in [0.25, 0.3) is 11.3 Å². The maximum Gasteiger partial charge on any atom is 0.270 e. The van der Waals surface area contributed by atoms with Crippen molar-refractivity contribution in [2.45, 2.75) is 6.92 Å². The van der Waals surface area contributed by atoms with Crippen LogP contribution in [0.3, 0.4) is 0 Å². The molecule has 26 heavy (non-hydrogen) atoms. The first-order valence-electron chi connectivity index (χ1n) is 7.72. The second-order valence-corrected chi connectivity index (χ2v) is 7.21. The van der Waals surface area contributed by atoms with E-state index in [1.807, 2.05) is 13.0 Å². The highest BCUT2D eigenvalue weighted by atomic mass is 32.2. The van der Waals surface area contributed by atoms with E-state index in [0.29, 0.717) is 23.6 Å². The van der Waals surface area contributed by atoms with Gasteiger partial charge in [0.25, 0.3) is 5.91 Å². The highest BCUT2D eigenvalue weighted by Gasteiger charge is 2.21. The molecule has 2 aromatic rings. The van der Waals surface area contributed by atoms with Crippen molar-refractivity contribution in [1.29, 1.82) is 5.26 Å². The molecule has 0 saturated carbocycles. The Morgan fingerprint density at radius 1 is 1.42 bits per heavy atom. The average molecular weight is 374 g/mol.